The number of anilines is 3. The Balaban J connectivity index is 2.34. The number of hydrogen-bond donors (Lipinski definition) is 2. The molecule has 4 nitrogen and oxygen atoms in total. The van der Waals surface area contributed by atoms with Crippen molar-refractivity contribution in [3.63, 3.8) is 0 Å². The number of benzene rings is 1. The SMILES string of the molecule is CCCc1nc(NC)cc(Nc2cc(F)c(C)cc2F)n1. The summed E-state index contributed by atoms with van der Waals surface area (Å²) in [7, 11) is 1.74. The zero-order chi connectivity index (χ0) is 15.4. The van der Waals surface area contributed by atoms with Crippen LogP contribution in [0.1, 0.15) is 24.7 Å². The Morgan fingerprint density at radius 1 is 1.05 bits per heavy atom. The maximum atomic E-state index is 13.9. The number of aryl methyl sites for hydroxylation is 2. The van der Waals surface area contributed by atoms with Gasteiger partial charge >= 0.3 is 0 Å². The van der Waals surface area contributed by atoms with Gasteiger partial charge in [-0.2, -0.15) is 0 Å². The van der Waals surface area contributed by atoms with Crippen LogP contribution in [0.4, 0.5) is 26.1 Å². The van der Waals surface area contributed by atoms with E-state index in [-0.39, 0.29) is 11.3 Å². The summed E-state index contributed by atoms with van der Waals surface area (Å²) in [6, 6.07) is 3.94. The van der Waals surface area contributed by atoms with Crippen LogP contribution < -0.4 is 10.6 Å². The number of rotatable bonds is 5. The molecule has 0 aliphatic carbocycles. The zero-order valence-corrected chi connectivity index (χ0v) is 12.3. The van der Waals surface area contributed by atoms with E-state index in [1.165, 1.54) is 6.92 Å². The molecule has 0 bridgehead atoms. The molecule has 1 heterocycles. The Morgan fingerprint density at radius 3 is 2.43 bits per heavy atom. The Hall–Kier alpha value is -2.24. The predicted octanol–water partition coefficient (Wildman–Crippen LogP) is 3.80. The molecule has 2 N–H and O–H groups in total. The van der Waals surface area contributed by atoms with E-state index in [1.807, 2.05) is 6.92 Å². The van der Waals surface area contributed by atoms with Crippen LogP contribution in [0.5, 0.6) is 0 Å². The molecule has 0 aliphatic heterocycles. The van der Waals surface area contributed by atoms with Gasteiger partial charge in [0.25, 0.3) is 0 Å². The molecular formula is C15H18F2N4. The first-order valence-electron chi connectivity index (χ1n) is 6.82. The third kappa shape index (κ3) is 3.65. The second-order valence-corrected chi connectivity index (χ2v) is 4.76. The van der Waals surface area contributed by atoms with Crippen molar-refractivity contribution < 1.29 is 8.78 Å². The third-order valence-corrected chi connectivity index (χ3v) is 3.01. The summed E-state index contributed by atoms with van der Waals surface area (Å²) in [5.41, 5.74) is 0.324. The fraction of sp³-hybridized carbons (Fsp3) is 0.333. The normalized spacial score (nSPS) is 10.5. The number of nitrogens with zero attached hydrogens (tertiary/aromatic N) is 2. The monoisotopic (exact) mass is 292 g/mol. The van der Waals surface area contributed by atoms with Gasteiger partial charge in [0, 0.05) is 25.6 Å². The Kier molecular flexibility index (Phi) is 4.67. The van der Waals surface area contributed by atoms with E-state index in [9.17, 15) is 8.78 Å². The predicted molar refractivity (Wildman–Crippen MR) is 80.0 cm³/mol. The molecule has 6 heteroatoms. The van der Waals surface area contributed by atoms with E-state index in [1.54, 1.807) is 13.1 Å². The van der Waals surface area contributed by atoms with Crippen molar-refractivity contribution in [1.29, 1.82) is 0 Å². The summed E-state index contributed by atoms with van der Waals surface area (Å²) in [6.45, 7) is 3.54. The summed E-state index contributed by atoms with van der Waals surface area (Å²) >= 11 is 0. The first kappa shape index (κ1) is 15.2. The van der Waals surface area contributed by atoms with Gasteiger partial charge in [-0.15, -0.1) is 0 Å². The molecule has 0 saturated carbocycles. The van der Waals surface area contributed by atoms with Crippen LogP contribution in [-0.4, -0.2) is 17.0 Å². The second kappa shape index (κ2) is 6.47. The molecule has 0 unspecified atom stereocenters. The van der Waals surface area contributed by atoms with Gasteiger partial charge in [0.2, 0.25) is 0 Å². The van der Waals surface area contributed by atoms with Gasteiger partial charge in [0.1, 0.15) is 29.1 Å². The highest BCUT2D eigenvalue weighted by Crippen LogP contribution is 2.23. The molecule has 0 radical (unpaired) electrons. The molecule has 0 amide bonds. The zero-order valence-electron chi connectivity index (χ0n) is 12.3. The Labute approximate surface area is 122 Å². The fourth-order valence-electron chi connectivity index (χ4n) is 1.90. The largest absolute Gasteiger partial charge is 0.373 e. The van der Waals surface area contributed by atoms with Crippen molar-refractivity contribution in [2.75, 3.05) is 17.7 Å². The van der Waals surface area contributed by atoms with E-state index >= 15 is 0 Å². The number of nitrogens with one attached hydrogen (secondary N) is 2. The highest BCUT2D eigenvalue weighted by molar-refractivity contribution is 5.60. The molecule has 1 aromatic carbocycles. The number of halogens is 2. The van der Waals surface area contributed by atoms with Crippen molar-refractivity contribution in [1.82, 2.24) is 9.97 Å². The van der Waals surface area contributed by atoms with Crippen LogP contribution in [-0.2, 0) is 6.42 Å². The highest BCUT2D eigenvalue weighted by atomic mass is 19.1. The van der Waals surface area contributed by atoms with Crippen LogP contribution in [0.3, 0.4) is 0 Å². The first-order chi connectivity index (χ1) is 10.0. The summed E-state index contributed by atoms with van der Waals surface area (Å²) < 4.78 is 27.4. The summed E-state index contributed by atoms with van der Waals surface area (Å²) in [5.74, 6) is 0.731. The molecule has 2 rings (SSSR count). The van der Waals surface area contributed by atoms with Crippen molar-refractivity contribution >= 4 is 17.3 Å². The van der Waals surface area contributed by atoms with Gasteiger partial charge in [0.05, 0.1) is 5.69 Å². The Bertz CT molecular complexity index is 644. The molecule has 2 aromatic rings. The molecule has 1 aromatic heterocycles. The van der Waals surface area contributed by atoms with E-state index in [2.05, 4.69) is 20.6 Å². The second-order valence-electron chi connectivity index (χ2n) is 4.76. The maximum Gasteiger partial charge on any atom is 0.147 e. The smallest absolute Gasteiger partial charge is 0.147 e. The van der Waals surface area contributed by atoms with Gasteiger partial charge in [-0.25, -0.2) is 18.7 Å². The van der Waals surface area contributed by atoms with Crippen molar-refractivity contribution in [3.05, 3.63) is 41.2 Å². The van der Waals surface area contributed by atoms with E-state index < -0.39 is 11.6 Å². The maximum absolute atomic E-state index is 13.9. The van der Waals surface area contributed by atoms with Crippen molar-refractivity contribution in [2.45, 2.75) is 26.7 Å². The highest BCUT2D eigenvalue weighted by Gasteiger charge is 2.10. The van der Waals surface area contributed by atoms with Crippen molar-refractivity contribution in [2.24, 2.45) is 0 Å². The minimum Gasteiger partial charge on any atom is -0.373 e. The summed E-state index contributed by atoms with van der Waals surface area (Å²) in [6.07, 6.45) is 1.62. The van der Waals surface area contributed by atoms with Gasteiger partial charge < -0.3 is 10.6 Å². The van der Waals surface area contributed by atoms with E-state index in [4.69, 9.17) is 0 Å². The van der Waals surface area contributed by atoms with Crippen LogP contribution in [0.25, 0.3) is 0 Å². The minimum atomic E-state index is -0.518. The molecular weight excluding hydrogens is 274 g/mol. The van der Waals surface area contributed by atoms with Crippen LogP contribution in [0, 0.1) is 18.6 Å². The Morgan fingerprint density at radius 2 is 1.76 bits per heavy atom. The lowest BCUT2D eigenvalue weighted by Gasteiger charge is -2.11. The standard InChI is InChI=1S/C15H18F2N4/c1-4-5-13-20-14(18-3)8-15(21-13)19-12-7-10(16)9(2)6-11(12)17/h6-8H,4-5H2,1-3H3,(H2,18,19,20,21). The lowest BCUT2D eigenvalue weighted by molar-refractivity contribution is 0.595. The average Bonchev–Trinajstić information content (AvgIpc) is 2.45. The quantitative estimate of drug-likeness (QED) is 0.880. The number of hydrogen-bond acceptors (Lipinski definition) is 4. The van der Waals surface area contributed by atoms with E-state index in [0.717, 1.165) is 25.0 Å². The lowest BCUT2D eigenvalue weighted by atomic mass is 10.2. The average molecular weight is 292 g/mol. The van der Waals surface area contributed by atoms with Crippen LogP contribution in [0.15, 0.2) is 18.2 Å². The third-order valence-electron chi connectivity index (χ3n) is 3.01. The van der Waals surface area contributed by atoms with Gasteiger partial charge in [-0.3, -0.25) is 0 Å². The van der Waals surface area contributed by atoms with Crippen LogP contribution >= 0.6 is 0 Å². The molecule has 0 saturated heterocycles. The molecule has 21 heavy (non-hydrogen) atoms. The number of aromatic nitrogens is 2. The molecule has 112 valence electrons. The first-order valence-corrected chi connectivity index (χ1v) is 6.82. The van der Waals surface area contributed by atoms with Gasteiger partial charge in [-0.1, -0.05) is 6.92 Å². The van der Waals surface area contributed by atoms with Gasteiger partial charge in [0.15, 0.2) is 0 Å². The van der Waals surface area contributed by atoms with Crippen molar-refractivity contribution in [3.8, 4) is 0 Å². The fourth-order valence-corrected chi connectivity index (χ4v) is 1.90. The molecule has 0 atom stereocenters. The topological polar surface area (TPSA) is 49.8 Å². The molecule has 0 spiro atoms. The lowest BCUT2D eigenvalue weighted by Crippen LogP contribution is -2.05. The molecule has 0 fully saturated rings. The minimum absolute atomic E-state index is 0.0568. The molecule has 0 aliphatic rings. The summed E-state index contributed by atoms with van der Waals surface area (Å²) in [4.78, 5) is 8.62. The van der Waals surface area contributed by atoms with Crippen LogP contribution in [0.2, 0.25) is 0 Å². The van der Waals surface area contributed by atoms with Gasteiger partial charge in [-0.05, 0) is 25.0 Å². The van der Waals surface area contributed by atoms with E-state index in [0.29, 0.717) is 17.5 Å². The summed E-state index contributed by atoms with van der Waals surface area (Å²) in [5, 5.41) is 5.74.